The average Bonchev–Trinajstić information content (AvgIpc) is 2.78. The van der Waals surface area contributed by atoms with E-state index in [0.29, 0.717) is 13.2 Å². The molecule has 2 aliphatic rings. The maximum absolute atomic E-state index is 12.2. The van der Waals surface area contributed by atoms with Crippen LogP contribution in [0.15, 0.2) is 29.3 Å². The fourth-order valence-corrected chi connectivity index (χ4v) is 4.28. The van der Waals surface area contributed by atoms with Gasteiger partial charge in [0.2, 0.25) is 0 Å². The molecule has 174 valence electrons. The minimum atomic E-state index is -0.0940. The Morgan fingerprint density at radius 3 is 2.61 bits per heavy atom. The number of carbonyl (C=O) groups is 1. The van der Waals surface area contributed by atoms with Gasteiger partial charge in [-0.25, -0.2) is 0 Å². The first-order valence-electron chi connectivity index (χ1n) is 11.1. The van der Waals surface area contributed by atoms with Crippen LogP contribution in [0.1, 0.15) is 36.9 Å². The molecule has 31 heavy (non-hydrogen) atoms. The van der Waals surface area contributed by atoms with E-state index < -0.39 is 0 Å². The van der Waals surface area contributed by atoms with Gasteiger partial charge in [-0.2, -0.15) is 0 Å². The Morgan fingerprint density at radius 2 is 1.97 bits per heavy atom. The number of carbonyl (C=O) groups excluding carboxylic acids is 1. The lowest BCUT2D eigenvalue weighted by molar-refractivity contribution is -0.149. The molecule has 0 bridgehead atoms. The highest BCUT2D eigenvalue weighted by molar-refractivity contribution is 14.0. The minimum absolute atomic E-state index is 0. The number of nitrogens with one attached hydrogen (secondary N) is 1. The van der Waals surface area contributed by atoms with Gasteiger partial charge >= 0.3 is 5.97 Å². The Balaban J connectivity index is 0.00000341. The van der Waals surface area contributed by atoms with E-state index in [0.717, 1.165) is 58.2 Å². The molecule has 2 unspecified atom stereocenters. The van der Waals surface area contributed by atoms with E-state index in [4.69, 9.17) is 9.47 Å². The summed E-state index contributed by atoms with van der Waals surface area (Å²) < 4.78 is 10.8. The van der Waals surface area contributed by atoms with Gasteiger partial charge in [0.25, 0.3) is 0 Å². The average molecular weight is 544 g/mol. The summed E-state index contributed by atoms with van der Waals surface area (Å²) >= 11 is 0. The van der Waals surface area contributed by atoms with Crippen LogP contribution in [0.2, 0.25) is 0 Å². The highest BCUT2D eigenvalue weighted by atomic mass is 127. The van der Waals surface area contributed by atoms with E-state index in [9.17, 15) is 4.79 Å². The number of halogens is 1. The van der Waals surface area contributed by atoms with Crippen molar-refractivity contribution in [2.45, 2.75) is 32.7 Å². The smallest absolute Gasteiger partial charge is 0.310 e. The van der Waals surface area contributed by atoms with Gasteiger partial charge < -0.3 is 19.7 Å². The Kier molecular flexibility index (Phi) is 11.0. The Morgan fingerprint density at radius 1 is 1.26 bits per heavy atom. The summed E-state index contributed by atoms with van der Waals surface area (Å²) in [5.74, 6) is 0.683. The van der Waals surface area contributed by atoms with Crippen LogP contribution in [-0.4, -0.2) is 81.3 Å². The molecule has 0 saturated carbocycles. The third kappa shape index (κ3) is 7.32. The normalized spacial score (nSPS) is 21.2. The summed E-state index contributed by atoms with van der Waals surface area (Å²) in [4.78, 5) is 21.4. The molecule has 3 rings (SSSR count). The van der Waals surface area contributed by atoms with E-state index in [2.05, 4.69) is 51.3 Å². The lowest BCUT2D eigenvalue weighted by atomic mass is 9.98. The molecule has 7 nitrogen and oxygen atoms in total. The lowest BCUT2D eigenvalue weighted by Crippen LogP contribution is -2.50. The number of piperidine rings is 1. The van der Waals surface area contributed by atoms with Gasteiger partial charge in [-0.3, -0.25) is 14.7 Å². The number of aliphatic imine (C=N–C) groups is 1. The second-order valence-electron chi connectivity index (χ2n) is 8.04. The van der Waals surface area contributed by atoms with Crippen molar-refractivity contribution in [1.29, 1.82) is 0 Å². The summed E-state index contributed by atoms with van der Waals surface area (Å²) in [6.07, 6.45) is 1.85. The van der Waals surface area contributed by atoms with Crippen LogP contribution in [0, 0.1) is 12.8 Å². The van der Waals surface area contributed by atoms with E-state index in [1.807, 2.05) is 14.0 Å². The zero-order valence-corrected chi connectivity index (χ0v) is 21.3. The number of hydrogen-bond donors (Lipinski definition) is 1. The second kappa shape index (κ2) is 13.2. The van der Waals surface area contributed by atoms with Crippen LogP contribution < -0.4 is 5.32 Å². The molecule has 1 aromatic carbocycles. The first kappa shape index (κ1) is 25.9. The van der Waals surface area contributed by atoms with Crippen LogP contribution in [0.25, 0.3) is 0 Å². The van der Waals surface area contributed by atoms with E-state index >= 15 is 0 Å². The van der Waals surface area contributed by atoms with Gasteiger partial charge in [0.15, 0.2) is 5.96 Å². The minimum Gasteiger partial charge on any atom is -0.466 e. The third-order valence-corrected chi connectivity index (χ3v) is 5.95. The highest BCUT2D eigenvalue weighted by Gasteiger charge is 2.29. The molecular formula is C23H37IN4O3. The topological polar surface area (TPSA) is 66.4 Å². The summed E-state index contributed by atoms with van der Waals surface area (Å²) in [6, 6.07) is 9.03. The van der Waals surface area contributed by atoms with Crippen LogP contribution in [0.3, 0.4) is 0 Å². The Hall–Kier alpha value is -1.39. The molecule has 8 heteroatoms. The van der Waals surface area contributed by atoms with Gasteiger partial charge in [0, 0.05) is 39.8 Å². The number of rotatable bonds is 6. The number of benzene rings is 1. The Labute approximate surface area is 203 Å². The third-order valence-electron chi connectivity index (χ3n) is 5.95. The summed E-state index contributed by atoms with van der Waals surface area (Å²) in [5.41, 5.74) is 2.56. The summed E-state index contributed by atoms with van der Waals surface area (Å²) in [7, 11) is 1.81. The molecule has 2 atom stereocenters. The highest BCUT2D eigenvalue weighted by Crippen LogP contribution is 2.23. The lowest BCUT2D eigenvalue weighted by Gasteiger charge is -2.37. The van der Waals surface area contributed by atoms with Crippen molar-refractivity contribution in [3.63, 3.8) is 0 Å². The maximum atomic E-state index is 12.2. The van der Waals surface area contributed by atoms with Crippen molar-refractivity contribution in [1.82, 2.24) is 15.1 Å². The van der Waals surface area contributed by atoms with Crippen molar-refractivity contribution in [3.8, 4) is 0 Å². The van der Waals surface area contributed by atoms with Crippen LogP contribution in [0.4, 0.5) is 0 Å². The molecule has 0 radical (unpaired) electrons. The summed E-state index contributed by atoms with van der Waals surface area (Å²) in [6.45, 7) is 10.1. The van der Waals surface area contributed by atoms with Gasteiger partial charge in [-0.05, 0) is 32.3 Å². The monoisotopic (exact) mass is 544 g/mol. The van der Waals surface area contributed by atoms with E-state index in [1.165, 1.54) is 11.1 Å². The van der Waals surface area contributed by atoms with Gasteiger partial charge in [-0.15, -0.1) is 24.0 Å². The number of guanidine groups is 1. The maximum Gasteiger partial charge on any atom is 0.310 e. The predicted octanol–water partition coefficient (Wildman–Crippen LogP) is 2.84. The first-order valence-corrected chi connectivity index (χ1v) is 11.1. The SMILES string of the molecule is CCOC(=O)C1CCCN(C(=NC)NCC(c2ccc(C)cc2)N2CCOCC2)C1.I. The van der Waals surface area contributed by atoms with E-state index in [1.54, 1.807) is 0 Å². The number of morpholine rings is 1. The van der Waals surface area contributed by atoms with E-state index in [-0.39, 0.29) is 41.9 Å². The molecule has 0 aromatic heterocycles. The largest absolute Gasteiger partial charge is 0.466 e. The van der Waals surface area contributed by atoms with Gasteiger partial charge in [0.1, 0.15) is 0 Å². The molecule has 1 N–H and O–H groups in total. The molecule has 2 saturated heterocycles. The zero-order valence-electron chi connectivity index (χ0n) is 19.0. The van der Waals surface area contributed by atoms with Crippen molar-refractivity contribution in [2.75, 3.05) is 59.6 Å². The fourth-order valence-electron chi connectivity index (χ4n) is 4.28. The molecule has 2 heterocycles. The standard InChI is InChI=1S/C23H36N4O3.HI/c1-4-30-22(28)20-6-5-11-27(17-20)23(24-3)25-16-21(26-12-14-29-15-13-26)19-9-7-18(2)8-10-19;/h7-10,20-21H,4-6,11-17H2,1-3H3,(H,24,25);1H. The molecule has 2 fully saturated rings. The number of ether oxygens (including phenoxy) is 2. The first-order chi connectivity index (χ1) is 14.6. The number of esters is 1. The second-order valence-corrected chi connectivity index (χ2v) is 8.04. The fraction of sp³-hybridized carbons (Fsp3) is 0.652. The predicted molar refractivity (Wildman–Crippen MR) is 134 cm³/mol. The number of hydrogen-bond acceptors (Lipinski definition) is 5. The van der Waals surface area contributed by atoms with Crippen molar-refractivity contribution >= 4 is 35.9 Å². The summed E-state index contributed by atoms with van der Waals surface area (Å²) in [5, 5.41) is 3.58. The van der Waals surface area contributed by atoms with Crippen molar-refractivity contribution in [3.05, 3.63) is 35.4 Å². The van der Waals surface area contributed by atoms with Crippen LogP contribution in [-0.2, 0) is 14.3 Å². The van der Waals surface area contributed by atoms with Crippen LogP contribution >= 0.6 is 24.0 Å². The molecule has 0 spiro atoms. The number of likely N-dealkylation sites (tertiary alicyclic amines) is 1. The van der Waals surface area contributed by atoms with Gasteiger partial charge in [-0.1, -0.05) is 29.8 Å². The molecular weight excluding hydrogens is 507 g/mol. The molecule has 1 aromatic rings. The molecule has 0 aliphatic carbocycles. The van der Waals surface area contributed by atoms with Gasteiger partial charge in [0.05, 0.1) is 31.8 Å². The molecule has 0 amide bonds. The number of nitrogens with zero attached hydrogens (tertiary/aromatic N) is 3. The number of aryl methyl sites for hydroxylation is 1. The zero-order chi connectivity index (χ0) is 21.3. The quantitative estimate of drug-likeness (QED) is 0.257. The van der Waals surface area contributed by atoms with Crippen molar-refractivity contribution in [2.24, 2.45) is 10.9 Å². The van der Waals surface area contributed by atoms with Crippen LogP contribution in [0.5, 0.6) is 0 Å². The Bertz CT molecular complexity index is 707. The molecule has 2 aliphatic heterocycles. The van der Waals surface area contributed by atoms with Crippen molar-refractivity contribution < 1.29 is 14.3 Å².